The van der Waals surface area contributed by atoms with E-state index in [9.17, 15) is 19.2 Å². The van der Waals surface area contributed by atoms with Crippen molar-refractivity contribution in [3.8, 4) is 0 Å². The molecule has 7 nitrogen and oxygen atoms in total. The van der Waals surface area contributed by atoms with Gasteiger partial charge in [0.25, 0.3) is 0 Å². The van der Waals surface area contributed by atoms with Gasteiger partial charge in [-0.3, -0.25) is 9.59 Å². The summed E-state index contributed by atoms with van der Waals surface area (Å²) in [5, 5.41) is 0. The SMILES string of the molecule is CCOC(=O)C(Cc1ccc(C(=O)C(Br)CC)cc1)(C(=O)OCC)N(C)C=O. The van der Waals surface area contributed by atoms with Crippen molar-refractivity contribution in [1.29, 1.82) is 0 Å². The Kier molecular flexibility index (Phi) is 9.31. The van der Waals surface area contributed by atoms with E-state index in [1.54, 1.807) is 38.1 Å². The molecule has 28 heavy (non-hydrogen) atoms. The Hall–Kier alpha value is -2.22. The Balaban J connectivity index is 3.31. The molecule has 1 atom stereocenters. The summed E-state index contributed by atoms with van der Waals surface area (Å²) in [4.78, 5) is 49.8. The number of benzene rings is 1. The zero-order valence-electron chi connectivity index (χ0n) is 16.6. The molecule has 1 aromatic rings. The predicted molar refractivity (Wildman–Crippen MR) is 107 cm³/mol. The molecule has 0 spiro atoms. The standard InChI is InChI=1S/C20H26BrNO6/c1-5-16(21)17(24)15-10-8-14(9-11-15)12-20(22(4)13-23,18(25)27-6-2)19(26)28-7-3/h8-11,13,16H,5-7,12H2,1-4H3. The van der Waals surface area contributed by atoms with Crippen molar-refractivity contribution in [3.63, 3.8) is 0 Å². The van der Waals surface area contributed by atoms with Crippen molar-refractivity contribution < 1.29 is 28.7 Å². The van der Waals surface area contributed by atoms with Crippen LogP contribution in [0.1, 0.15) is 43.1 Å². The van der Waals surface area contributed by atoms with E-state index in [1.165, 1.54) is 7.05 Å². The van der Waals surface area contributed by atoms with Gasteiger partial charge >= 0.3 is 11.9 Å². The molecule has 1 amide bonds. The molecule has 0 aliphatic heterocycles. The van der Waals surface area contributed by atoms with Gasteiger partial charge < -0.3 is 14.4 Å². The van der Waals surface area contributed by atoms with E-state index in [0.717, 1.165) is 4.90 Å². The van der Waals surface area contributed by atoms with Crippen molar-refractivity contribution in [2.75, 3.05) is 20.3 Å². The fourth-order valence-corrected chi connectivity index (χ4v) is 2.94. The number of Topliss-reactive ketones (excluding diaryl/α,β-unsaturated/α-hetero) is 1. The van der Waals surface area contributed by atoms with Crippen LogP contribution in [0.15, 0.2) is 24.3 Å². The highest BCUT2D eigenvalue weighted by Gasteiger charge is 2.52. The molecule has 8 heteroatoms. The highest BCUT2D eigenvalue weighted by molar-refractivity contribution is 9.10. The largest absolute Gasteiger partial charge is 0.464 e. The van der Waals surface area contributed by atoms with Crippen LogP contribution in [0.3, 0.4) is 0 Å². The summed E-state index contributed by atoms with van der Waals surface area (Å²) in [6.45, 7) is 5.21. The quantitative estimate of drug-likeness (QED) is 0.167. The van der Waals surface area contributed by atoms with E-state index in [4.69, 9.17) is 9.47 Å². The van der Waals surface area contributed by atoms with Gasteiger partial charge in [-0.2, -0.15) is 0 Å². The van der Waals surface area contributed by atoms with Crippen LogP contribution in [-0.2, 0) is 30.3 Å². The monoisotopic (exact) mass is 455 g/mol. The Bertz CT molecular complexity index is 685. The molecule has 154 valence electrons. The van der Waals surface area contributed by atoms with E-state index >= 15 is 0 Å². The summed E-state index contributed by atoms with van der Waals surface area (Å²) in [7, 11) is 1.33. The number of ketones is 1. The number of hydrogen-bond acceptors (Lipinski definition) is 6. The second-order valence-electron chi connectivity index (χ2n) is 6.13. The van der Waals surface area contributed by atoms with Gasteiger partial charge in [0.05, 0.1) is 18.0 Å². The van der Waals surface area contributed by atoms with Gasteiger partial charge in [-0.05, 0) is 25.8 Å². The number of rotatable bonds is 11. The van der Waals surface area contributed by atoms with E-state index in [0.29, 0.717) is 24.0 Å². The first kappa shape index (κ1) is 23.8. The van der Waals surface area contributed by atoms with Crippen molar-refractivity contribution >= 4 is 40.1 Å². The number of carbonyl (C=O) groups excluding carboxylic acids is 4. The van der Waals surface area contributed by atoms with Gasteiger partial charge in [0, 0.05) is 19.0 Å². The van der Waals surface area contributed by atoms with Crippen LogP contribution >= 0.6 is 15.9 Å². The number of carbonyl (C=O) groups is 4. The van der Waals surface area contributed by atoms with Crippen molar-refractivity contribution in [2.24, 2.45) is 0 Å². The van der Waals surface area contributed by atoms with E-state index in [1.807, 2.05) is 6.92 Å². The Morgan fingerprint density at radius 2 is 1.57 bits per heavy atom. The molecule has 0 bridgehead atoms. The third-order valence-corrected chi connectivity index (χ3v) is 5.39. The van der Waals surface area contributed by atoms with Gasteiger partial charge in [-0.1, -0.05) is 47.1 Å². The third-order valence-electron chi connectivity index (χ3n) is 4.33. The van der Waals surface area contributed by atoms with Crippen LogP contribution in [0.2, 0.25) is 0 Å². The first-order valence-corrected chi connectivity index (χ1v) is 9.99. The molecule has 0 aromatic heterocycles. The fraction of sp³-hybridized carbons (Fsp3) is 0.500. The molecule has 0 N–H and O–H groups in total. The minimum atomic E-state index is -1.94. The number of hydrogen-bond donors (Lipinski definition) is 0. The second-order valence-corrected chi connectivity index (χ2v) is 7.24. The lowest BCUT2D eigenvalue weighted by Crippen LogP contribution is -2.61. The minimum absolute atomic E-state index is 0.0454. The van der Waals surface area contributed by atoms with Gasteiger partial charge in [0.1, 0.15) is 0 Å². The molecule has 0 saturated carbocycles. The number of halogens is 1. The lowest BCUT2D eigenvalue weighted by Gasteiger charge is -2.35. The summed E-state index contributed by atoms with van der Waals surface area (Å²) in [5.41, 5.74) is -0.858. The average molecular weight is 456 g/mol. The molecule has 0 fully saturated rings. The van der Waals surface area contributed by atoms with Crippen LogP contribution in [0.5, 0.6) is 0 Å². The van der Waals surface area contributed by atoms with Gasteiger partial charge in [-0.25, -0.2) is 9.59 Å². The number of ether oxygens (including phenoxy) is 2. The van der Waals surface area contributed by atoms with Crippen LogP contribution in [0.25, 0.3) is 0 Å². The minimum Gasteiger partial charge on any atom is -0.464 e. The molecule has 1 unspecified atom stereocenters. The maximum Gasteiger partial charge on any atom is 0.344 e. The number of amides is 1. The van der Waals surface area contributed by atoms with Crippen LogP contribution in [0, 0.1) is 0 Å². The maximum absolute atomic E-state index is 12.7. The van der Waals surface area contributed by atoms with E-state index in [2.05, 4.69) is 15.9 Å². The molecule has 1 aromatic carbocycles. The highest BCUT2D eigenvalue weighted by atomic mass is 79.9. The molecule has 0 heterocycles. The van der Waals surface area contributed by atoms with Gasteiger partial charge in [0.15, 0.2) is 5.78 Å². The normalized spacial score (nSPS) is 12.0. The maximum atomic E-state index is 12.7. The van der Waals surface area contributed by atoms with Gasteiger partial charge in [-0.15, -0.1) is 0 Å². The fourth-order valence-electron chi connectivity index (χ4n) is 2.68. The first-order valence-electron chi connectivity index (χ1n) is 9.08. The lowest BCUT2D eigenvalue weighted by molar-refractivity contribution is -0.175. The summed E-state index contributed by atoms with van der Waals surface area (Å²) < 4.78 is 10.2. The van der Waals surface area contributed by atoms with Crippen LogP contribution in [-0.4, -0.2) is 59.7 Å². The first-order chi connectivity index (χ1) is 13.3. The summed E-state index contributed by atoms with van der Waals surface area (Å²) in [6.07, 6.45) is 0.905. The topological polar surface area (TPSA) is 90.0 Å². The third kappa shape index (κ3) is 5.19. The Labute approximate surface area is 173 Å². The summed E-state index contributed by atoms with van der Waals surface area (Å²) in [6, 6.07) is 6.55. The number of esters is 2. The molecular formula is C20H26BrNO6. The molecule has 0 saturated heterocycles. The van der Waals surface area contributed by atoms with E-state index < -0.39 is 17.5 Å². The summed E-state index contributed by atoms with van der Waals surface area (Å²) >= 11 is 3.33. The van der Waals surface area contributed by atoms with Crippen LogP contribution in [0.4, 0.5) is 0 Å². The van der Waals surface area contributed by atoms with Crippen molar-refractivity contribution in [2.45, 2.75) is 44.0 Å². The van der Waals surface area contributed by atoms with Crippen molar-refractivity contribution in [3.05, 3.63) is 35.4 Å². The highest BCUT2D eigenvalue weighted by Crippen LogP contribution is 2.24. The lowest BCUT2D eigenvalue weighted by atomic mass is 9.88. The number of nitrogens with zero attached hydrogens (tertiary/aromatic N) is 1. The zero-order valence-corrected chi connectivity index (χ0v) is 18.2. The zero-order chi connectivity index (χ0) is 21.3. The smallest absolute Gasteiger partial charge is 0.344 e. The molecular weight excluding hydrogens is 430 g/mol. The second kappa shape index (κ2) is 10.9. The predicted octanol–water partition coefficient (Wildman–Crippen LogP) is 2.54. The summed E-state index contributed by atoms with van der Waals surface area (Å²) in [5.74, 6) is -1.79. The molecule has 0 aliphatic rings. The molecule has 0 radical (unpaired) electrons. The Morgan fingerprint density at radius 1 is 1.07 bits per heavy atom. The van der Waals surface area contributed by atoms with Crippen molar-refractivity contribution in [1.82, 2.24) is 4.90 Å². The molecule has 1 rings (SSSR count). The number of alkyl halides is 1. The van der Waals surface area contributed by atoms with Crippen LogP contribution < -0.4 is 0 Å². The average Bonchev–Trinajstić information content (AvgIpc) is 2.70. The molecule has 0 aliphatic carbocycles. The Morgan fingerprint density at radius 3 is 1.96 bits per heavy atom. The van der Waals surface area contributed by atoms with Gasteiger partial charge in [0.2, 0.25) is 11.9 Å². The number of likely N-dealkylation sites (N-methyl/N-ethyl adjacent to an activating group) is 1. The van der Waals surface area contributed by atoms with E-state index in [-0.39, 0.29) is 30.2 Å².